The Morgan fingerprint density at radius 1 is 1.25 bits per heavy atom. The molecule has 0 saturated carbocycles. The molecule has 0 unspecified atom stereocenters. The summed E-state index contributed by atoms with van der Waals surface area (Å²) in [6.45, 7) is 4.03. The zero-order chi connectivity index (χ0) is 17.3. The molecule has 0 radical (unpaired) electrons. The lowest BCUT2D eigenvalue weighted by atomic mass is 10.1. The summed E-state index contributed by atoms with van der Waals surface area (Å²) < 4.78 is 2.06. The van der Waals surface area contributed by atoms with Crippen molar-refractivity contribution in [3.05, 3.63) is 64.4 Å². The highest BCUT2D eigenvalue weighted by atomic mass is 35.5. The number of aryl methyl sites for hydroxylation is 2. The maximum atomic E-state index is 12.5. The average molecular weight is 342 g/mol. The molecule has 0 aliphatic carbocycles. The third-order valence-corrected chi connectivity index (χ3v) is 4.52. The molecule has 124 valence electrons. The van der Waals surface area contributed by atoms with Crippen molar-refractivity contribution in [2.45, 2.75) is 26.3 Å². The first-order chi connectivity index (χ1) is 11.5. The summed E-state index contributed by atoms with van der Waals surface area (Å²) in [6.07, 6.45) is 0.861. The van der Waals surface area contributed by atoms with E-state index in [4.69, 9.17) is 11.6 Å². The summed E-state index contributed by atoms with van der Waals surface area (Å²) in [6, 6.07) is 13.0. The Hall–Kier alpha value is -2.33. The number of amides is 1. The number of halogens is 1. The SMILES string of the molecule is CCc1nc2cc(C(=O)N[C@H](C)c3ccc(Cl)cc3)ccc2n1C. The Bertz CT molecular complexity index is 884. The predicted molar refractivity (Wildman–Crippen MR) is 97.4 cm³/mol. The summed E-state index contributed by atoms with van der Waals surface area (Å²) in [7, 11) is 2.00. The van der Waals surface area contributed by atoms with Gasteiger partial charge in [0.15, 0.2) is 0 Å². The molecule has 3 rings (SSSR count). The topological polar surface area (TPSA) is 46.9 Å². The van der Waals surface area contributed by atoms with Gasteiger partial charge in [0.2, 0.25) is 0 Å². The minimum absolute atomic E-state index is 0.0969. The lowest BCUT2D eigenvalue weighted by Gasteiger charge is -2.14. The van der Waals surface area contributed by atoms with Gasteiger partial charge in [-0.3, -0.25) is 4.79 Å². The van der Waals surface area contributed by atoms with Crippen molar-refractivity contribution in [2.24, 2.45) is 7.05 Å². The number of carbonyl (C=O) groups excluding carboxylic acids is 1. The number of benzene rings is 2. The Balaban J connectivity index is 1.81. The number of aromatic nitrogens is 2. The van der Waals surface area contributed by atoms with Gasteiger partial charge in [-0.25, -0.2) is 4.98 Å². The number of hydrogen-bond acceptors (Lipinski definition) is 2. The Morgan fingerprint density at radius 3 is 2.62 bits per heavy atom. The number of hydrogen-bond donors (Lipinski definition) is 1. The van der Waals surface area contributed by atoms with E-state index >= 15 is 0 Å². The molecule has 1 atom stereocenters. The zero-order valence-electron chi connectivity index (χ0n) is 14.0. The first kappa shape index (κ1) is 16.5. The van der Waals surface area contributed by atoms with Gasteiger partial charge in [-0.15, -0.1) is 0 Å². The van der Waals surface area contributed by atoms with Gasteiger partial charge in [-0.1, -0.05) is 30.7 Å². The first-order valence-electron chi connectivity index (χ1n) is 8.01. The number of imidazole rings is 1. The van der Waals surface area contributed by atoms with Gasteiger partial charge in [-0.2, -0.15) is 0 Å². The third kappa shape index (κ3) is 3.15. The van der Waals surface area contributed by atoms with Crippen LogP contribution in [0, 0.1) is 0 Å². The summed E-state index contributed by atoms with van der Waals surface area (Å²) in [4.78, 5) is 17.1. The monoisotopic (exact) mass is 341 g/mol. The molecule has 0 aliphatic heterocycles. The Morgan fingerprint density at radius 2 is 1.96 bits per heavy atom. The van der Waals surface area contributed by atoms with E-state index in [-0.39, 0.29) is 11.9 Å². The quantitative estimate of drug-likeness (QED) is 0.769. The van der Waals surface area contributed by atoms with Crippen LogP contribution < -0.4 is 5.32 Å². The molecule has 0 aliphatic rings. The maximum absolute atomic E-state index is 12.5. The van der Waals surface area contributed by atoms with Gasteiger partial charge in [0.05, 0.1) is 17.1 Å². The van der Waals surface area contributed by atoms with E-state index in [1.165, 1.54) is 0 Å². The smallest absolute Gasteiger partial charge is 0.251 e. The van der Waals surface area contributed by atoms with Gasteiger partial charge in [0.25, 0.3) is 5.91 Å². The van der Waals surface area contributed by atoms with Gasteiger partial charge in [0.1, 0.15) is 5.82 Å². The summed E-state index contributed by atoms with van der Waals surface area (Å²) in [5.41, 5.74) is 3.51. The number of fused-ring (bicyclic) bond motifs is 1. The van der Waals surface area contributed by atoms with Gasteiger partial charge >= 0.3 is 0 Å². The molecule has 1 amide bonds. The second-order valence-electron chi connectivity index (χ2n) is 5.89. The van der Waals surface area contributed by atoms with Crippen LogP contribution in [0.4, 0.5) is 0 Å². The summed E-state index contributed by atoms with van der Waals surface area (Å²) in [5, 5.41) is 3.70. The highest BCUT2D eigenvalue weighted by Crippen LogP contribution is 2.19. The van der Waals surface area contributed by atoms with Crippen molar-refractivity contribution in [1.82, 2.24) is 14.9 Å². The second kappa shape index (κ2) is 6.65. The van der Waals surface area contributed by atoms with E-state index < -0.39 is 0 Å². The fourth-order valence-electron chi connectivity index (χ4n) is 2.82. The van der Waals surface area contributed by atoms with Crippen LogP contribution >= 0.6 is 11.6 Å². The maximum Gasteiger partial charge on any atom is 0.251 e. The molecule has 2 aromatic carbocycles. The molecule has 1 aromatic heterocycles. The number of carbonyl (C=O) groups is 1. The van der Waals surface area contributed by atoms with E-state index in [1.54, 1.807) is 0 Å². The highest BCUT2D eigenvalue weighted by molar-refractivity contribution is 6.30. The lowest BCUT2D eigenvalue weighted by molar-refractivity contribution is 0.0940. The molecule has 1 heterocycles. The van der Waals surface area contributed by atoms with Gasteiger partial charge < -0.3 is 9.88 Å². The normalized spacial score (nSPS) is 12.3. The summed E-state index contributed by atoms with van der Waals surface area (Å²) in [5.74, 6) is 0.903. The van der Waals surface area contributed by atoms with Crippen LogP contribution in [-0.2, 0) is 13.5 Å². The molecule has 1 N–H and O–H groups in total. The van der Waals surface area contributed by atoms with E-state index in [2.05, 4.69) is 21.8 Å². The van der Waals surface area contributed by atoms with Crippen LogP contribution in [0.25, 0.3) is 11.0 Å². The molecular formula is C19H20ClN3O. The predicted octanol–water partition coefficient (Wildman–Crippen LogP) is 4.28. The second-order valence-corrected chi connectivity index (χ2v) is 6.33. The molecular weight excluding hydrogens is 322 g/mol. The number of nitrogens with one attached hydrogen (secondary N) is 1. The van der Waals surface area contributed by atoms with E-state index in [9.17, 15) is 4.79 Å². The molecule has 0 spiro atoms. The van der Waals surface area contributed by atoms with Crippen LogP contribution in [0.2, 0.25) is 5.02 Å². The van der Waals surface area contributed by atoms with Crippen LogP contribution in [0.15, 0.2) is 42.5 Å². The van der Waals surface area contributed by atoms with E-state index in [0.717, 1.165) is 28.8 Å². The van der Waals surface area contributed by atoms with Crippen LogP contribution in [0.5, 0.6) is 0 Å². The van der Waals surface area contributed by atoms with Gasteiger partial charge in [-0.05, 0) is 42.8 Å². The van der Waals surface area contributed by atoms with Gasteiger partial charge in [0, 0.05) is 24.1 Å². The third-order valence-electron chi connectivity index (χ3n) is 4.27. The first-order valence-corrected chi connectivity index (χ1v) is 8.39. The lowest BCUT2D eigenvalue weighted by Crippen LogP contribution is -2.26. The van der Waals surface area contributed by atoms with Crippen molar-refractivity contribution in [3.8, 4) is 0 Å². The van der Waals surface area contributed by atoms with Crippen molar-refractivity contribution < 1.29 is 4.79 Å². The minimum Gasteiger partial charge on any atom is -0.346 e. The van der Waals surface area contributed by atoms with Crippen LogP contribution in [-0.4, -0.2) is 15.5 Å². The van der Waals surface area contributed by atoms with Crippen molar-refractivity contribution in [1.29, 1.82) is 0 Å². The molecule has 5 heteroatoms. The number of rotatable bonds is 4. The fraction of sp³-hybridized carbons (Fsp3) is 0.263. The van der Waals surface area contributed by atoms with Crippen LogP contribution in [0.3, 0.4) is 0 Å². The fourth-order valence-corrected chi connectivity index (χ4v) is 2.95. The molecule has 24 heavy (non-hydrogen) atoms. The van der Waals surface area contributed by atoms with Crippen molar-refractivity contribution >= 4 is 28.5 Å². The van der Waals surface area contributed by atoms with Crippen molar-refractivity contribution in [2.75, 3.05) is 0 Å². The van der Waals surface area contributed by atoms with Crippen LogP contribution in [0.1, 0.15) is 41.6 Å². The molecule has 0 fully saturated rings. The standard InChI is InChI=1S/C19H20ClN3O/c1-4-18-22-16-11-14(7-10-17(16)23(18)3)19(24)21-12(2)13-5-8-15(20)9-6-13/h5-12H,4H2,1-3H3,(H,21,24)/t12-/m1/s1. The highest BCUT2D eigenvalue weighted by Gasteiger charge is 2.14. The zero-order valence-corrected chi connectivity index (χ0v) is 14.8. The molecule has 3 aromatic rings. The number of nitrogens with zero attached hydrogens (tertiary/aromatic N) is 2. The Labute approximate surface area is 146 Å². The van der Waals surface area contributed by atoms with Crippen molar-refractivity contribution in [3.63, 3.8) is 0 Å². The molecule has 4 nitrogen and oxygen atoms in total. The molecule has 0 saturated heterocycles. The van der Waals surface area contributed by atoms with E-state index in [0.29, 0.717) is 10.6 Å². The Kier molecular flexibility index (Phi) is 4.58. The molecule has 0 bridgehead atoms. The minimum atomic E-state index is -0.108. The van der Waals surface area contributed by atoms with E-state index in [1.807, 2.05) is 56.4 Å². The largest absolute Gasteiger partial charge is 0.346 e. The average Bonchev–Trinajstić information content (AvgIpc) is 2.91. The summed E-state index contributed by atoms with van der Waals surface area (Å²) >= 11 is 5.90.